The average Bonchev–Trinajstić information content (AvgIpc) is 2.54. The Morgan fingerprint density at radius 1 is 1.28 bits per heavy atom. The molecular weight excluding hydrogens is 320 g/mol. The number of piperidine rings is 1. The van der Waals surface area contributed by atoms with Crippen molar-refractivity contribution in [2.24, 2.45) is 5.92 Å². The summed E-state index contributed by atoms with van der Waals surface area (Å²) in [5.74, 6) is 0.911. The minimum atomic E-state index is -0.601. The molecule has 4 rings (SSSR count). The summed E-state index contributed by atoms with van der Waals surface area (Å²) in [5.41, 5.74) is 0.466. The summed E-state index contributed by atoms with van der Waals surface area (Å²) < 4.78 is 5.61. The van der Waals surface area contributed by atoms with Crippen LogP contribution in [0.4, 0.5) is 10.5 Å². The van der Waals surface area contributed by atoms with Crippen LogP contribution in [0.5, 0.6) is 5.75 Å². The number of ketones is 1. The largest absolute Gasteiger partial charge is 0.490 e. The summed E-state index contributed by atoms with van der Waals surface area (Å²) in [6, 6.07) is 5.04. The highest BCUT2D eigenvalue weighted by molar-refractivity contribution is 6.03. The number of rotatable bonds is 2. The van der Waals surface area contributed by atoms with Gasteiger partial charge in [-0.15, -0.1) is 0 Å². The number of ether oxygens (including phenoxy) is 1. The van der Waals surface area contributed by atoms with E-state index in [0.29, 0.717) is 61.9 Å². The molecule has 2 N–H and O–H groups in total. The number of para-hydroxylation sites is 1. The molecule has 134 valence electrons. The number of carbonyl (C=O) groups excluding carboxylic acids is 2. The van der Waals surface area contributed by atoms with Crippen LogP contribution >= 0.6 is 0 Å². The van der Waals surface area contributed by atoms with Crippen LogP contribution in [0.2, 0.25) is 0 Å². The number of fused-ring (bicyclic) bond motifs is 1. The fourth-order valence-corrected chi connectivity index (χ4v) is 4.04. The van der Waals surface area contributed by atoms with Crippen LogP contribution in [0.3, 0.4) is 0 Å². The molecule has 25 heavy (non-hydrogen) atoms. The molecule has 1 saturated carbocycles. The van der Waals surface area contributed by atoms with Crippen molar-refractivity contribution in [3.05, 3.63) is 23.8 Å². The number of likely N-dealkylation sites (tertiary alicyclic amines) is 1. The fraction of sp³-hybridized carbons (Fsp3) is 0.579. The van der Waals surface area contributed by atoms with E-state index < -0.39 is 5.60 Å². The van der Waals surface area contributed by atoms with Gasteiger partial charge in [0.2, 0.25) is 0 Å². The Morgan fingerprint density at radius 3 is 2.72 bits per heavy atom. The molecular formula is C19H24N2O4. The third-order valence-electron chi connectivity index (χ3n) is 5.91. The summed E-state index contributed by atoms with van der Waals surface area (Å²) >= 11 is 0. The van der Waals surface area contributed by atoms with Crippen molar-refractivity contribution in [1.29, 1.82) is 0 Å². The van der Waals surface area contributed by atoms with Gasteiger partial charge in [-0.2, -0.15) is 0 Å². The number of hydrogen-bond donors (Lipinski definition) is 2. The van der Waals surface area contributed by atoms with Gasteiger partial charge in [0.15, 0.2) is 11.5 Å². The van der Waals surface area contributed by atoms with Gasteiger partial charge in [-0.3, -0.25) is 4.79 Å². The Labute approximate surface area is 147 Å². The minimum Gasteiger partial charge on any atom is -0.490 e. The molecule has 2 heterocycles. The Morgan fingerprint density at radius 2 is 2.04 bits per heavy atom. The Hall–Kier alpha value is -2.08. The zero-order valence-corrected chi connectivity index (χ0v) is 14.3. The molecule has 1 aliphatic carbocycles. The number of nitrogens with one attached hydrogen (secondary N) is 1. The van der Waals surface area contributed by atoms with Crippen LogP contribution in [-0.2, 0) is 0 Å². The molecule has 0 bridgehead atoms. The molecule has 0 atom stereocenters. The van der Waals surface area contributed by atoms with Gasteiger partial charge in [0.1, 0.15) is 0 Å². The predicted molar refractivity (Wildman–Crippen MR) is 93.0 cm³/mol. The van der Waals surface area contributed by atoms with Crippen LogP contribution in [0.25, 0.3) is 0 Å². The number of nitrogens with zero attached hydrogens (tertiary/aromatic N) is 1. The highest BCUT2D eigenvalue weighted by Crippen LogP contribution is 2.42. The standard InChI is InChI=1S/C19H24N2O4/c22-16-7-12-25-17-14(16)5-2-6-15(17)20-18(23)21-10-8-19(24,9-11-21)13-3-1-4-13/h2,5-6,13,24H,1,3-4,7-12H2,(H,20,23). The number of carbonyl (C=O) groups is 2. The van der Waals surface area contributed by atoms with Gasteiger partial charge in [0.25, 0.3) is 0 Å². The van der Waals surface area contributed by atoms with Crippen molar-refractivity contribution in [2.45, 2.75) is 44.1 Å². The fourth-order valence-electron chi connectivity index (χ4n) is 4.04. The van der Waals surface area contributed by atoms with Crippen molar-refractivity contribution in [2.75, 3.05) is 25.0 Å². The topological polar surface area (TPSA) is 78.9 Å². The maximum atomic E-state index is 12.6. The lowest BCUT2D eigenvalue weighted by Gasteiger charge is -2.46. The van der Waals surface area contributed by atoms with E-state index in [1.165, 1.54) is 6.42 Å². The molecule has 0 spiro atoms. The number of benzene rings is 1. The second kappa shape index (κ2) is 6.33. The maximum Gasteiger partial charge on any atom is 0.321 e. The monoisotopic (exact) mass is 344 g/mol. The first-order valence-electron chi connectivity index (χ1n) is 9.14. The zero-order valence-electron chi connectivity index (χ0n) is 14.3. The first kappa shape index (κ1) is 16.4. The van der Waals surface area contributed by atoms with Crippen LogP contribution in [0, 0.1) is 5.92 Å². The van der Waals surface area contributed by atoms with E-state index >= 15 is 0 Å². The molecule has 1 aromatic rings. The van der Waals surface area contributed by atoms with Crippen molar-refractivity contribution in [1.82, 2.24) is 4.90 Å². The first-order chi connectivity index (χ1) is 12.1. The highest BCUT2D eigenvalue weighted by atomic mass is 16.5. The van der Waals surface area contributed by atoms with Gasteiger partial charge < -0.3 is 20.1 Å². The van der Waals surface area contributed by atoms with Crippen molar-refractivity contribution >= 4 is 17.5 Å². The Kier molecular flexibility index (Phi) is 4.15. The van der Waals surface area contributed by atoms with Crippen LogP contribution in [-0.4, -0.2) is 47.1 Å². The molecule has 2 fully saturated rings. The van der Waals surface area contributed by atoms with Crippen molar-refractivity contribution in [3.8, 4) is 5.75 Å². The third-order valence-corrected chi connectivity index (χ3v) is 5.91. The van der Waals surface area contributed by atoms with Crippen LogP contribution in [0.15, 0.2) is 18.2 Å². The number of hydrogen-bond acceptors (Lipinski definition) is 4. The number of urea groups is 1. The summed E-state index contributed by atoms with van der Waals surface area (Å²) in [4.78, 5) is 26.3. The number of amides is 2. The molecule has 2 aliphatic heterocycles. The van der Waals surface area contributed by atoms with Gasteiger partial charge in [-0.05, 0) is 43.7 Å². The van der Waals surface area contributed by atoms with Crippen LogP contribution < -0.4 is 10.1 Å². The van der Waals surface area contributed by atoms with Crippen molar-refractivity contribution < 1.29 is 19.4 Å². The van der Waals surface area contributed by atoms with E-state index in [-0.39, 0.29) is 11.8 Å². The van der Waals surface area contributed by atoms with Gasteiger partial charge >= 0.3 is 6.03 Å². The van der Waals surface area contributed by atoms with E-state index in [4.69, 9.17) is 4.74 Å². The van der Waals surface area contributed by atoms with E-state index in [2.05, 4.69) is 5.32 Å². The normalized spacial score (nSPS) is 22.6. The average molecular weight is 344 g/mol. The summed E-state index contributed by atoms with van der Waals surface area (Å²) in [6.45, 7) is 1.44. The maximum absolute atomic E-state index is 12.6. The Balaban J connectivity index is 1.42. The smallest absolute Gasteiger partial charge is 0.321 e. The van der Waals surface area contributed by atoms with Crippen LogP contribution in [0.1, 0.15) is 48.9 Å². The molecule has 6 nitrogen and oxygen atoms in total. The molecule has 3 aliphatic rings. The lowest BCUT2D eigenvalue weighted by molar-refractivity contribution is -0.0845. The molecule has 1 saturated heterocycles. The second-order valence-corrected chi connectivity index (χ2v) is 7.35. The molecule has 0 radical (unpaired) electrons. The van der Waals surface area contributed by atoms with E-state index in [1.807, 2.05) is 0 Å². The number of anilines is 1. The second-order valence-electron chi connectivity index (χ2n) is 7.35. The zero-order chi connectivity index (χ0) is 17.4. The summed E-state index contributed by atoms with van der Waals surface area (Å²) in [6.07, 6.45) is 5.04. The number of Topliss-reactive ketones (excluding diaryl/α,β-unsaturated/α-hetero) is 1. The quantitative estimate of drug-likeness (QED) is 0.865. The molecule has 0 unspecified atom stereocenters. The van der Waals surface area contributed by atoms with E-state index in [1.54, 1.807) is 23.1 Å². The number of aliphatic hydroxyl groups is 1. The minimum absolute atomic E-state index is 0.0425. The lowest BCUT2D eigenvalue weighted by atomic mass is 9.69. The highest BCUT2D eigenvalue weighted by Gasteiger charge is 2.43. The molecule has 0 aromatic heterocycles. The third kappa shape index (κ3) is 2.99. The van der Waals surface area contributed by atoms with Gasteiger partial charge in [0, 0.05) is 19.5 Å². The van der Waals surface area contributed by atoms with Gasteiger partial charge in [-0.1, -0.05) is 12.5 Å². The first-order valence-corrected chi connectivity index (χ1v) is 9.14. The van der Waals surface area contributed by atoms with E-state index in [0.717, 1.165) is 12.8 Å². The molecule has 1 aromatic carbocycles. The SMILES string of the molecule is O=C1CCOc2c(NC(=O)N3CCC(O)(C4CCC4)CC3)cccc21. The predicted octanol–water partition coefficient (Wildman–Crippen LogP) is 2.81. The summed E-state index contributed by atoms with van der Waals surface area (Å²) in [7, 11) is 0. The Bertz CT molecular complexity index is 691. The van der Waals surface area contributed by atoms with Gasteiger partial charge in [0.05, 0.1) is 23.5 Å². The van der Waals surface area contributed by atoms with Gasteiger partial charge in [-0.25, -0.2) is 4.79 Å². The molecule has 6 heteroatoms. The lowest BCUT2D eigenvalue weighted by Crippen LogP contribution is -2.52. The summed E-state index contributed by atoms with van der Waals surface area (Å²) in [5, 5.41) is 13.6. The van der Waals surface area contributed by atoms with E-state index in [9.17, 15) is 14.7 Å². The van der Waals surface area contributed by atoms with Crippen molar-refractivity contribution in [3.63, 3.8) is 0 Å². The molecule has 2 amide bonds.